The van der Waals surface area contributed by atoms with Crippen molar-refractivity contribution in [1.82, 2.24) is 19.8 Å². The van der Waals surface area contributed by atoms with Crippen LogP contribution in [0.5, 0.6) is 0 Å². The maximum atomic E-state index is 13.5. The number of hydrazone groups is 1. The zero-order valence-electron chi connectivity index (χ0n) is 24.7. The van der Waals surface area contributed by atoms with Crippen LogP contribution in [-0.2, 0) is 4.79 Å². The molecule has 2 aliphatic rings. The van der Waals surface area contributed by atoms with Gasteiger partial charge in [0.05, 0.1) is 29.9 Å². The van der Waals surface area contributed by atoms with Crippen LogP contribution in [0.4, 0.5) is 0 Å². The van der Waals surface area contributed by atoms with E-state index >= 15 is 0 Å². The molecule has 7 heteroatoms. The molecule has 3 rings (SSSR count). The SMILES string of the molecule is C=C(C)CC.C=C1C=CC=CN1/N=C(\CC(=O)N1CCN(C=N/C(C)=C(/C)CC)CCC1C)c1ccccn1. The van der Waals surface area contributed by atoms with Crippen molar-refractivity contribution in [3.05, 3.63) is 90.2 Å². The predicted octanol–water partition coefficient (Wildman–Crippen LogP) is 6.70. The lowest BCUT2D eigenvalue weighted by atomic mass is 10.1. The minimum atomic E-state index is 0.0516. The second-order valence-electron chi connectivity index (χ2n) is 10.0. The zero-order valence-corrected chi connectivity index (χ0v) is 24.7. The van der Waals surface area contributed by atoms with E-state index in [9.17, 15) is 4.79 Å². The van der Waals surface area contributed by atoms with Gasteiger partial charge in [0, 0.05) is 43.8 Å². The molecule has 0 spiro atoms. The zero-order chi connectivity index (χ0) is 28.8. The van der Waals surface area contributed by atoms with Gasteiger partial charge in [-0.25, -0.2) is 10.0 Å². The third kappa shape index (κ3) is 10.5. The van der Waals surface area contributed by atoms with Crippen molar-refractivity contribution in [2.24, 2.45) is 10.1 Å². The van der Waals surface area contributed by atoms with Gasteiger partial charge in [-0.2, -0.15) is 5.10 Å². The van der Waals surface area contributed by atoms with Crippen LogP contribution in [0, 0.1) is 0 Å². The van der Waals surface area contributed by atoms with E-state index in [0.717, 1.165) is 43.7 Å². The van der Waals surface area contributed by atoms with E-state index in [0.29, 0.717) is 18.0 Å². The Hall–Kier alpha value is -3.74. The number of aliphatic imine (C=N–C) groups is 1. The smallest absolute Gasteiger partial charge is 0.229 e. The summed E-state index contributed by atoms with van der Waals surface area (Å²) in [5.74, 6) is 0.0516. The van der Waals surface area contributed by atoms with Crippen LogP contribution in [0.3, 0.4) is 0 Å². The predicted molar refractivity (Wildman–Crippen MR) is 164 cm³/mol. The van der Waals surface area contributed by atoms with E-state index in [1.165, 1.54) is 11.1 Å². The molecule has 1 aromatic rings. The molecule has 1 fully saturated rings. The van der Waals surface area contributed by atoms with Gasteiger partial charge >= 0.3 is 0 Å². The molecule has 210 valence electrons. The number of pyridine rings is 1. The van der Waals surface area contributed by atoms with Crippen LogP contribution in [0.1, 0.15) is 72.9 Å². The number of amides is 1. The van der Waals surface area contributed by atoms with Gasteiger partial charge in [-0.3, -0.25) is 9.78 Å². The van der Waals surface area contributed by atoms with E-state index in [4.69, 9.17) is 5.10 Å². The number of allylic oxidation sites excluding steroid dienone is 6. The molecule has 1 aromatic heterocycles. The number of hydrogen-bond acceptors (Lipinski definition) is 5. The van der Waals surface area contributed by atoms with Crippen molar-refractivity contribution in [2.45, 2.75) is 73.3 Å². The van der Waals surface area contributed by atoms with E-state index < -0.39 is 0 Å². The topological polar surface area (TPSA) is 64.4 Å². The van der Waals surface area contributed by atoms with Gasteiger partial charge in [0.2, 0.25) is 5.91 Å². The summed E-state index contributed by atoms with van der Waals surface area (Å²) < 4.78 is 0. The Morgan fingerprint density at radius 1 is 1.13 bits per heavy atom. The quantitative estimate of drug-likeness (QED) is 0.213. The number of aromatic nitrogens is 1. The molecule has 3 heterocycles. The monoisotopic (exact) mass is 530 g/mol. The largest absolute Gasteiger partial charge is 0.361 e. The Balaban J connectivity index is 0.000000976. The van der Waals surface area contributed by atoms with E-state index in [-0.39, 0.29) is 18.4 Å². The van der Waals surface area contributed by atoms with Crippen LogP contribution in [-0.4, -0.2) is 63.4 Å². The van der Waals surface area contributed by atoms with Gasteiger partial charge in [-0.15, -0.1) is 6.58 Å². The van der Waals surface area contributed by atoms with E-state index in [1.54, 1.807) is 11.2 Å². The lowest BCUT2D eigenvalue weighted by molar-refractivity contribution is -0.131. The highest BCUT2D eigenvalue weighted by Crippen LogP contribution is 2.17. The summed E-state index contributed by atoms with van der Waals surface area (Å²) in [7, 11) is 0. The standard InChI is InChI=1S/C27H36N6O.C5H10/c1-6-21(2)24(5)29-20-31-16-13-22(3)32(18-17-31)27(34)19-26(25-12-7-9-14-28-25)30-33-15-10-8-11-23(33)4;1-4-5(2)3/h7-12,14-15,20,22H,4,6,13,16-19H2,1-3,5H3;2,4H2,1,3H3/b24-21-,29-20?,30-26+;. The van der Waals surface area contributed by atoms with Crippen molar-refractivity contribution >= 4 is 18.0 Å². The van der Waals surface area contributed by atoms with Gasteiger partial charge in [-0.1, -0.05) is 43.7 Å². The van der Waals surface area contributed by atoms with Crippen LogP contribution in [0.15, 0.2) is 94.6 Å². The Morgan fingerprint density at radius 2 is 1.87 bits per heavy atom. The van der Waals surface area contributed by atoms with Crippen LogP contribution in [0.2, 0.25) is 0 Å². The minimum Gasteiger partial charge on any atom is -0.361 e. The molecular formula is C32H46N6O. The molecular weight excluding hydrogens is 484 g/mol. The fourth-order valence-electron chi connectivity index (χ4n) is 3.75. The summed E-state index contributed by atoms with van der Waals surface area (Å²) in [6, 6.07) is 5.79. The fourth-order valence-corrected chi connectivity index (χ4v) is 3.75. The molecule has 7 nitrogen and oxygen atoms in total. The van der Waals surface area contributed by atoms with Gasteiger partial charge in [-0.05, 0) is 71.2 Å². The van der Waals surface area contributed by atoms with Crippen molar-refractivity contribution in [2.75, 3.05) is 19.6 Å². The molecule has 39 heavy (non-hydrogen) atoms. The summed E-state index contributed by atoms with van der Waals surface area (Å²) in [6.07, 6.45) is 14.3. The average Bonchev–Trinajstić information content (AvgIpc) is 3.13. The maximum Gasteiger partial charge on any atom is 0.229 e. The summed E-state index contributed by atoms with van der Waals surface area (Å²) in [5.41, 5.74) is 5.66. The summed E-state index contributed by atoms with van der Waals surface area (Å²) in [4.78, 5) is 26.7. The molecule has 1 unspecified atom stereocenters. The minimum absolute atomic E-state index is 0.0516. The maximum absolute atomic E-state index is 13.5. The Labute approximate surface area is 235 Å². The highest BCUT2D eigenvalue weighted by atomic mass is 16.2. The second-order valence-corrected chi connectivity index (χ2v) is 10.0. The van der Waals surface area contributed by atoms with E-state index in [2.05, 4.69) is 55.7 Å². The highest BCUT2D eigenvalue weighted by Gasteiger charge is 2.26. The van der Waals surface area contributed by atoms with E-state index in [1.807, 2.05) is 67.7 Å². The number of nitrogens with zero attached hydrogens (tertiary/aromatic N) is 6. The molecule has 1 saturated heterocycles. The van der Waals surface area contributed by atoms with Crippen molar-refractivity contribution in [3.8, 4) is 0 Å². The Morgan fingerprint density at radius 3 is 2.49 bits per heavy atom. The number of carbonyl (C=O) groups is 1. The van der Waals surface area contributed by atoms with Crippen molar-refractivity contribution < 1.29 is 4.79 Å². The first-order chi connectivity index (χ1) is 18.7. The van der Waals surface area contributed by atoms with Gasteiger partial charge < -0.3 is 9.80 Å². The Kier molecular flexibility index (Phi) is 13.1. The third-order valence-electron chi connectivity index (χ3n) is 6.91. The van der Waals surface area contributed by atoms with Gasteiger partial charge in [0.25, 0.3) is 0 Å². The lowest BCUT2D eigenvalue weighted by Crippen LogP contribution is -2.41. The fraction of sp³-hybridized carbons (Fsp3) is 0.438. The molecule has 1 atom stereocenters. The number of carbonyl (C=O) groups excluding carboxylic acids is 1. The molecule has 2 aliphatic heterocycles. The molecule has 0 radical (unpaired) electrons. The second kappa shape index (κ2) is 16.3. The first-order valence-corrected chi connectivity index (χ1v) is 13.9. The summed E-state index contributed by atoms with van der Waals surface area (Å²) >= 11 is 0. The number of rotatable bonds is 8. The molecule has 0 aliphatic carbocycles. The molecule has 0 saturated carbocycles. The highest BCUT2D eigenvalue weighted by molar-refractivity contribution is 6.09. The molecule has 1 amide bonds. The first-order valence-electron chi connectivity index (χ1n) is 13.9. The van der Waals surface area contributed by atoms with Crippen LogP contribution < -0.4 is 0 Å². The average molecular weight is 531 g/mol. The number of hydrogen-bond donors (Lipinski definition) is 0. The first kappa shape index (κ1) is 31.5. The van der Waals surface area contributed by atoms with Gasteiger partial charge in [0.1, 0.15) is 0 Å². The molecule has 0 bridgehead atoms. The van der Waals surface area contributed by atoms with Crippen molar-refractivity contribution in [1.29, 1.82) is 0 Å². The normalized spacial score (nSPS) is 18.5. The van der Waals surface area contributed by atoms with Crippen LogP contribution in [0.25, 0.3) is 0 Å². The summed E-state index contributed by atoms with van der Waals surface area (Å²) in [5, 5.41) is 6.41. The lowest BCUT2D eigenvalue weighted by Gasteiger charge is -2.27. The van der Waals surface area contributed by atoms with Crippen molar-refractivity contribution in [3.63, 3.8) is 0 Å². The Bertz CT molecular complexity index is 1130. The van der Waals surface area contributed by atoms with Crippen LogP contribution >= 0.6 is 0 Å². The van der Waals surface area contributed by atoms with Gasteiger partial charge in [0.15, 0.2) is 0 Å². The molecule has 0 aromatic carbocycles. The molecule has 0 N–H and O–H groups in total. The third-order valence-corrected chi connectivity index (χ3v) is 6.91. The summed E-state index contributed by atoms with van der Waals surface area (Å²) in [6.45, 7) is 22.5.